The Balaban J connectivity index is 1.48. The van der Waals surface area contributed by atoms with Crippen molar-refractivity contribution in [2.75, 3.05) is 6.54 Å². The minimum atomic E-state index is -0.321. The number of hydrogen-bond donors (Lipinski definition) is 0. The normalized spacial score (nSPS) is 18.0. The largest absolute Gasteiger partial charge is 0.342 e. The first-order chi connectivity index (χ1) is 17.0. The quantitative estimate of drug-likeness (QED) is 0.232. The molecule has 3 nitrogen and oxygen atoms in total. The monoisotopic (exact) mass is 526 g/mol. The molecule has 1 aliphatic heterocycles. The summed E-state index contributed by atoms with van der Waals surface area (Å²) in [6, 6.07) is 10.9. The highest BCUT2D eigenvalue weighted by atomic mass is 35.5. The molecule has 5 rings (SSSR count). The van der Waals surface area contributed by atoms with E-state index in [0.29, 0.717) is 38.8 Å². The van der Waals surface area contributed by atoms with Crippen LogP contribution in [0.2, 0.25) is 5.02 Å². The van der Waals surface area contributed by atoms with Gasteiger partial charge in [-0.1, -0.05) is 92.5 Å². The molecule has 0 unspecified atom stereocenters. The van der Waals surface area contributed by atoms with Crippen LogP contribution in [0.3, 0.4) is 0 Å². The van der Waals surface area contributed by atoms with Gasteiger partial charge in [-0.3, -0.25) is 9.69 Å². The van der Waals surface area contributed by atoms with Crippen LogP contribution < -0.4 is 0 Å². The molecule has 1 saturated carbocycles. The zero-order chi connectivity index (χ0) is 24.5. The van der Waals surface area contributed by atoms with Crippen molar-refractivity contribution in [2.24, 2.45) is 5.92 Å². The molecule has 35 heavy (non-hydrogen) atoms. The van der Waals surface area contributed by atoms with Crippen LogP contribution in [0.4, 0.5) is 4.39 Å². The van der Waals surface area contributed by atoms with Crippen molar-refractivity contribution in [1.82, 2.24) is 9.47 Å². The van der Waals surface area contributed by atoms with Crippen molar-refractivity contribution >= 4 is 62.8 Å². The molecule has 0 radical (unpaired) electrons. The molecular weight excluding hydrogens is 499 g/mol. The molecule has 1 aliphatic carbocycles. The molecule has 0 atom stereocenters. The number of aromatic nitrogens is 1. The maximum Gasteiger partial charge on any atom is 0.266 e. The number of nitrogens with zero attached hydrogens (tertiary/aromatic N) is 2. The molecule has 182 valence electrons. The number of aryl methyl sites for hydroxylation is 1. The van der Waals surface area contributed by atoms with Gasteiger partial charge in [0.15, 0.2) is 0 Å². The van der Waals surface area contributed by atoms with E-state index in [0.717, 1.165) is 29.3 Å². The summed E-state index contributed by atoms with van der Waals surface area (Å²) in [5.41, 5.74) is 3.59. The molecule has 0 spiro atoms. The molecule has 1 amide bonds. The average Bonchev–Trinajstić information content (AvgIpc) is 3.55. The summed E-state index contributed by atoms with van der Waals surface area (Å²) in [5, 5.41) is 1.44. The molecule has 2 fully saturated rings. The van der Waals surface area contributed by atoms with E-state index in [-0.39, 0.29) is 11.7 Å². The number of thiocarbonyl (C=S) groups is 1. The van der Waals surface area contributed by atoms with E-state index >= 15 is 0 Å². The number of para-hydroxylation sites is 1. The first-order valence-electron chi connectivity index (χ1n) is 12.2. The second-order valence-corrected chi connectivity index (χ2v) is 11.4. The predicted molar refractivity (Wildman–Crippen MR) is 148 cm³/mol. The Labute approximate surface area is 220 Å². The Hall–Kier alpha value is -2.15. The Morgan fingerprint density at radius 3 is 2.71 bits per heavy atom. The molecule has 1 aromatic heterocycles. The lowest BCUT2D eigenvalue weighted by atomic mass is 10.0. The summed E-state index contributed by atoms with van der Waals surface area (Å²) < 4.78 is 17.3. The van der Waals surface area contributed by atoms with Gasteiger partial charge in [0.2, 0.25) is 0 Å². The Kier molecular flexibility index (Phi) is 7.33. The standard InChI is InChI=1S/C28H28ClFN2OS2/c1-2-19-9-5-10-21-20(16-31(26(19)21)17-22-23(29)11-6-12-24(22)30)15-25-27(33)32(28(34)35-25)14-13-18-7-3-4-8-18/h5-6,9-12,15-16,18H,2-4,7-8,13-14,17H2,1H3/b25-15-. The van der Waals surface area contributed by atoms with Crippen molar-refractivity contribution in [2.45, 2.75) is 52.0 Å². The highest BCUT2D eigenvalue weighted by Gasteiger charge is 2.32. The summed E-state index contributed by atoms with van der Waals surface area (Å²) in [6.07, 6.45) is 10.9. The van der Waals surface area contributed by atoms with Crippen molar-refractivity contribution < 1.29 is 9.18 Å². The van der Waals surface area contributed by atoms with Crippen LogP contribution in [0.5, 0.6) is 0 Å². The molecule has 2 aliphatic rings. The van der Waals surface area contributed by atoms with Gasteiger partial charge in [-0.15, -0.1) is 0 Å². The van der Waals surface area contributed by atoms with Crippen molar-refractivity contribution in [3.05, 3.63) is 75.0 Å². The number of thioether (sulfide) groups is 1. The van der Waals surface area contributed by atoms with E-state index < -0.39 is 0 Å². The maximum atomic E-state index is 14.6. The maximum absolute atomic E-state index is 14.6. The highest BCUT2D eigenvalue weighted by Crippen LogP contribution is 2.37. The number of amides is 1. The zero-order valence-electron chi connectivity index (χ0n) is 19.7. The van der Waals surface area contributed by atoms with E-state index in [2.05, 4.69) is 19.1 Å². The summed E-state index contributed by atoms with van der Waals surface area (Å²) in [4.78, 5) is 15.7. The smallest absolute Gasteiger partial charge is 0.266 e. The first-order valence-corrected chi connectivity index (χ1v) is 13.9. The van der Waals surface area contributed by atoms with Gasteiger partial charge in [0, 0.05) is 34.3 Å². The fourth-order valence-electron chi connectivity index (χ4n) is 5.29. The second kappa shape index (κ2) is 10.5. The van der Waals surface area contributed by atoms with Gasteiger partial charge < -0.3 is 4.57 Å². The van der Waals surface area contributed by atoms with Gasteiger partial charge in [-0.05, 0) is 42.5 Å². The van der Waals surface area contributed by atoms with E-state index in [1.165, 1.54) is 49.1 Å². The van der Waals surface area contributed by atoms with E-state index in [9.17, 15) is 9.18 Å². The number of benzene rings is 2. The molecular formula is C28H28ClFN2OS2. The molecule has 2 aromatic carbocycles. The average molecular weight is 527 g/mol. The lowest BCUT2D eigenvalue weighted by Gasteiger charge is -2.17. The minimum Gasteiger partial charge on any atom is -0.342 e. The second-order valence-electron chi connectivity index (χ2n) is 9.35. The number of halogens is 2. The number of hydrogen-bond acceptors (Lipinski definition) is 3. The molecule has 3 aromatic rings. The first kappa shape index (κ1) is 24.5. The van der Waals surface area contributed by atoms with Gasteiger partial charge >= 0.3 is 0 Å². The van der Waals surface area contributed by atoms with Crippen LogP contribution in [0.25, 0.3) is 17.0 Å². The SMILES string of the molecule is CCc1cccc2c(/C=C3\SC(=S)N(CCC4CCCC4)C3=O)cn(Cc3c(F)cccc3Cl)c12. The van der Waals surface area contributed by atoms with Crippen molar-refractivity contribution in [3.63, 3.8) is 0 Å². The van der Waals surface area contributed by atoms with Gasteiger partial charge in [0.1, 0.15) is 10.1 Å². The molecule has 7 heteroatoms. The molecule has 1 saturated heterocycles. The van der Waals surface area contributed by atoms with E-state index in [4.69, 9.17) is 23.8 Å². The van der Waals surface area contributed by atoms with Gasteiger partial charge in [0.25, 0.3) is 5.91 Å². The lowest BCUT2D eigenvalue weighted by Crippen LogP contribution is -2.30. The highest BCUT2D eigenvalue weighted by molar-refractivity contribution is 8.26. The topological polar surface area (TPSA) is 25.2 Å². The van der Waals surface area contributed by atoms with Crippen LogP contribution in [-0.4, -0.2) is 26.2 Å². The predicted octanol–water partition coefficient (Wildman–Crippen LogP) is 7.83. The van der Waals surface area contributed by atoms with Gasteiger partial charge in [-0.25, -0.2) is 4.39 Å². The number of rotatable bonds is 7. The number of carbonyl (C=O) groups is 1. The Bertz CT molecular complexity index is 1310. The summed E-state index contributed by atoms with van der Waals surface area (Å²) in [7, 11) is 0. The van der Waals surface area contributed by atoms with Crippen LogP contribution in [0, 0.1) is 11.7 Å². The zero-order valence-corrected chi connectivity index (χ0v) is 22.1. The van der Waals surface area contributed by atoms with Crippen molar-refractivity contribution in [1.29, 1.82) is 0 Å². The molecule has 2 heterocycles. The van der Waals surface area contributed by atoms with Crippen LogP contribution in [0.15, 0.2) is 47.5 Å². The fourth-order valence-corrected chi connectivity index (χ4v) is 6.81. The summed E-state index contributed by atoms with van der Waals surface area (Å²) >= 11 is 13.3. The number of fused-ring (bicyclic) bond motifs is 1. The van der Waals surface area contributed by atoms with Gasteiger partial charge in [0.05, 0.1) is 17.0 Å². The third kappa shape index (κ3) is 4.93. The van der Waals surface area contributed by atoms with E-state index in [1.54, 1.807) is 17.0 Å². The molecule has 0 N–H and O–H groups in total. The third-order valence-corrected chi connectivity index (χ3v) is 8.91. The van der Waals surface area contributed by atoms with Crippen molar-refractivity contribution in [3.8, 4) is 0 Å². The fraction of sp³-hybridized carbons (Fsp3) is 0.357. The summed E-state index contributed by atoms with van der Waals surface area (Å²) in [5.74, 6) is 0.375. The minimum absolute atomic E-state index is 0.0114. The summed E-state index contributed by atoms with van der Waals surface area (Å²) in [6.45, 7) is 3.12. The lowest BCUT2D eigenvalue weighted by molar-refractivity contribution is -0.122. The van der Waals surface area contributed by atoms with Crippen LogP contribution >= 0.6 is 35.6 Å². The Morgan fingerprint density at radius 1 is 1.20 bits per heavy atom. The van der Waals surface area contributed by atoms with E-state index in [1.807, 2.05) is 22.9 Å². The third-order valence-electron chi connectivity index (χ3n) is 7.18. The Morgan fingerprint density at radius 2 is 1.97 bits per heavy atom. The van der Waals surface area contributed by atoms with Gasteiger partial charge in [-0.2, -0.15) is 0 Å². The molecule has 0 bridgehead atoms. The van der Waals surface area contributed by atoms with Crippen LogP contribution in [-0.2, 0) is 17.8 Å². The van der Waals surface area contributed by atoms with Crippen LogP contribution in [0.1, 0.15) is 55.7 Å². The number of carbonyl (C=O) groups excluding carboxylic acids is 1.